The molecular formula is C66H41N3O2. The maximum absolute atomic E-state index is 6.82. The fourth-order valence-corrected chi connectivity index (χ4v) is 12.3. The van der Waals surface area contributed by atoms with Crippen LogP contribution >= 0.6 is 0 Å². The number of hydrogen-bond acceptors (Lipinski definition) is 3. The Hall–Kier alpha value is -9.32. The van der Waals surface area contributed by atoms with E-state index in [-0.39, 0.29) is 12.0 Å². The van der Waals surface area contributed by atoms with Crippen molar-refractivity contribution in [1.82, 2.24) is 9.13 Å². The number of anilines is 2. The predicted octanol–water partition coefficient (Wildman–Crippen LogP) is 17.6. The van der Waals surface area contributed by atoms with Gasteiger partial charge in [-0.15, -0.1) is 0 Å². The maximum atomic E-state index is 6.82. The van der Waals surface area contributed by atoms with E-state index in [2.05, 4.69) is 251 Å². The number of para-hydroxylation sites is 7. The number of nitrogens with zero attached hydrogens (tertiary/aromatic N) is 3. The summed E-state index contributed by atoms with van der Waals surface area (Å²) in [5.41, 5.74) is 18.7. The van der Waals surface area contributed by atoms with Gasteiger partial charge in [0.15, 0.2) is 5.58 Å². The van der Waals surface area contributed by atoms with E-state index in [9.17, 15) is 0 Å². The number of aromatic nitrogens is 2. The number of fused-ring (bicyclic) bond motifs is 15. The van der Waals surface area contributed by atoms with Crippen LogP contribution in [0.1, 0.15) is 17.0 Å². The van der Waals surface area contributed by atoms with E-state index in [0.717, 1.165) is 88.4 Å². The standard InChI is InChI=1S/C66H41N3O2/c1-2-14-43(15-3-1)67-56-23-8-6-18-48(56)52-36-40(28-32-60(52)67)41-30-34-63-54(37-41)50-21-12-20-45(65(50)70-63)42-29-33-61-53(38-42)49-19-7-9-24-57(49)68(61)44-31-35-64-55(39-44)51-22-13-27-62(66(51)71-64)69-58-25-10-4-16-46(58)47-17-5-11-26-59(47)69/h1-39,52,60H. The first kappa shape index (κ1) is 38.6. The molecule has 2 unspecified atom stereocenters. The molecule has 2 atom stereocenters. The second-order valence-electron chi connectivity index (χ2n) is 19.1. The van der Waals surface area contributed by atoms with Gasteiger partial charge in [-0.3, -0.25) is 0 Å². The van der Waals surface area contributed by atoms with Crippen LogP contribution in [0, 0.1) is 0 Å². The average Bonchev–Trinajstić information content (AvgIpc) is 4.24. The molecule has 4 aromatic heterocycles. The molecule has 16 rings (SSSR count). The highest BCUT2D eigenvalue weighted by molar-refractivity contribution is 6.16. The fraction of sp³-hybridized carbons (Fsp3) is 0.0303. The summed E-state index contributed by atoms with van der Waals surface area (Å²) in [7, 11) is 0. The highest BCUT2D eigenvalue weighted by atomic mass is 16.3. The van der Waals surface area contributed by atoms with Gasteiger partial charge >= 0.3 is 0 Å². The van der Waals surface area contributed by atoms with Gasteiger partial charge in [0, 0.05) is 71.6 Å². The topological polar surface area (TPSA) is 39.4 Å². The van der Waals surface area contributed by atoms with E-state index in [1.165, 1.54) is 49.6 Å². The molecular weight excluding hydrogens is 867 g/mol. The van der Waals surface area contributed by atoms with Crippen molar-refractivity contribution in [3.8, 4) is 22.5 Å². The van der Waals surface area contributed by atoms with Crippen molar-refractivity contribution in [2.45, 2.75) is 12.0 Å². The van der Waals surface area contributed by atoms with E-state index in [0.29, 0.717) is 0 Å². The Morgan fingerprint density at radius 3 is 1.75 bits per heavy atom. The molecule has 10 aromatic carbocycles. The van der Waals surface area contributed by atoms with Gasteiger partial charge in [-0.1, -0.05) is 152 Å². The Bertz CT molecular complexity index is 4560. The van der Waals surface area contributed by atoms with Gasteiger partial charge in [-0.05, 0) is 107 Å². The van der Waals surface area contributed by atoms with Gasteiger partial charge in [0.1, 0.15) is 16.7 Å². The lowest BCUT2D eigenvalue weighted by Gasteiger charge is -2.29. The third-order valence-corrected chi connectivity index (χ3v) is 15.4. The molecule has 0 saturated heterocycles. The van der Waals surface area contributed by atoms with Crippen LogP contribution in [0.4, 0.5) is 11.4 Å². The lowest BCUT2D eigenvalue weighted by molar-refractivity contribution is 0.666. The van der Waals surface area contributed by atoms with Gasteiger partial charge in [-0.25, -0.2) is 0 Å². The Kier molecular flexibility index (Phi) is 7.94. The van der Waals surface area contributed by atoms with Gasteiger partial charge in [0.25, 0.3) is 0 Å². The minimum Gasteiger partial charge on any atom is -0.455 e. The molecule has 0 spiro atoms. The normalized spacial score (nSPS) is 15.6. The maximum Gasteiger partial charge on any atom is 0.159 e. The summed E-state index contributed by atoms with van der Waals surface area (Å²) >= 11 is 0. The average molecular weight is 908 g/mol. The summed E-state index contributed by atoms with van der Waals surface area (Å²) in [5.74, 6) is 0.246. The molecule has 0 fully saturated rings. The Balaban J connectivity index is 0.787. The van der Waals surface area contributed by atoms with Crippen molar-refractivity contribution in [2.24, 2.45) is 0 Å². The van der Waals surface area contributed by atoms with Gasteiger partial charge in [-0.2, -0.15) is 0 Å². The molecule has 0 radical (unpaired) electrons. The number of benzene rings is 10. The van der Waals surface area contributed by atoms with Crippen LogP contribution in [-0.2, 0) is 0 Å². The van der Waals surface area contributed by atoms with Crippen LogP contribution in [0.15, 0.2) is 245 Å². The monoisotopic (exact) mass is 907 g/mol. The largest absolute Gasteiger partial charge is 0.455 e. The van der Waals surface area contributed by atoms with Gasteiger partial charge in [0.05, 0.1) is 33.8 Å². The van der Waals surface area contributed by atoms with E-state index < -0.39 is 0 Å². The SMILES string of the molecule is C1=CC2C(C=C1c1ccc3oc4c(-c5ccc6c(c5)c5ccccc5n6-c5ccc6oc7c(-n8c9ccccc9c9ccccc98)cccc7c6c5)cccc4c3c1)c1ccccc1N2c1ccccc1. The van der Waals surface area contributed by atoms with E-state index in [1.807, 2.05) is 0 Å². The second kappa shape index (κ2) is 14.6. The van der Waals surface area contributed by atoms with Gasteiger partial charge in [0.2, 0.25) is 0 Å². The van der Waals surface area contributed by atoms with Crippen LogP contribution in [0.3, 0.4) is 0 Å². The summed E-state index contributed by atoms with van der Waals surface area (Å²) in [4.78, 5) is 2.48. The van der Waals surface area contributed by atoms with Crippen LogP contribution in [0.2, 0.25) is 0 Å². The predicted molar refractivity (Wildman–Crippen MR) is 294 cm³/mol. The summed E-state index contributed by atoms with van der Waals surface area (Å²) in [6, 6.07) is 79.1. The molecule has 0 amide bonds. The Morgan fingerprint density at radius 2 is 0.944 bits per heavy atom. The van der Waals surface area contributed by atoms with Crippen LogP contribution in [0.5, 0.6) is 0 Å². The first-order chi connectivity index (χ1) is 35.2. The van der Waals surface area contributed by atoms with Crippen molar-refractivity contribution in [2.75, 3.05) is 4.90 Å². The molecule has 5 heterocycles. The summed E-state index contributed by atoms with van der Waals surface area (Å²) in [6.45, 7) is 0. The molecule has 5 nitrogen and oxygen atoms in total. The minimum absolute atomic E-state index is 0.221. The highest BCUT2D eigenvalue weighted by Gasteiger charge is 2.38. The third-order valence-electron chi connectivity index (χ3n) is 15.4. The van der Waals surface area contributed by atoms with Crippen molar-refractivity contribution in [1.29, 1.82) is 0 Å². The zero-order valence-corrected chi connectivity index (χ0v) is 38.3. The second-order valence-corrected chi connectivity index (χ2v) is 19.1. The molecule has 1 aliphatic carbocycles. The summed E-state index contributed by atoms with van der Waals surface area (Å²) in [6.07, 6.45) is 7.16. The zero-order valence-electron chi connectivity index (χ0n) is 38.3. The third kappa shape index (κ3) is 5.51. The number of rotatable bonds is 5. The molecule has 1 aliphatic heterocycles. The molecule has 5 heteroatoms. The quantitative estimate of drug-likeness (QED) is 0.173. The van der Waals surface area contributed by atoms with Crippen LogP contribution < -0.4 is 4.90 Å². The molecule has 0 saturated carbocycles. The number of furan rings is 2. The Morgan fingerprint density at radius 1 is 0.366 bits per heavy atom. The van der Waals surface area contributed by atoms with Crippen molar-refractivity contribution >= 4 is 104 Å². The first-order valence-corrected chi connectivity index (χ1v) is 24.5. The van der Waals surface area contributed by atoms with Gasteiger partial charge < -0.3 is 22.9 Å². The highest BCUT2D eigenvalue weighted by Crippen LogP contribution is 2.50. The van der Waals surface area contributed by atoms with E-state index >= 15 is 0 Å². The van der Waals surface area contributed by atoms with E-state index in [1.54, 1.807) is 0 Å². The molecule has 2 aliphatic rings. The molecule has 14 aromatic rings. The minimum atomic E-state index is 0.221. The van der Waals surface area contributed by atoms with E-state index in [4.69, 9.17) is 8.83 Å². The lowest BCUT2D eigenvalue weighted by Crippen LogP contribution is -2.28. The number of hydrogen-bond donors (Lipinski definition) is 0. The van der Waals surface area contributed by atoms with Crippen molar-refractivity contribution in [3.63, 3.8) is 0 Å². The fourth-order valence-electron chi connectivity index (χ4n) is 12.3. The first-order valence-electron chi connectivity index (χ1n) is 24.5. The van der Waals surface area contributed by atoms with Crippen molar-refractivity contribution < 1.29 is 8.83 Å². The van der Waals surface area contributed by atoms with Crippen molar-refractivity contribution in [3.05, 3.63) is 248 Å². The Labute approximate surface area is 407 Å². The number of allylic oxidation sites excluding steroid dienone is 2. The molecule has 0 bridgehead atoms. The van der Waals surface area contributed by atoms with Crippen LogP contribution in [-0.4, -0.2) is 15.2 Å². The summed E-state index contributed by atoms with van der Waals surface area (Å²) < 4.78 is 18.4. The molecule has 71 heavy (non-hydrogen) atoms. The lowest BCUT2D eigenvalue weighted by atomic mass is 9.86. The molecule has 332 valence electrons. The zero-order chi connectivity index (χ0) is 46.3. The smallest absolute Gasteiger partial charge is 0.159 e. The molecule has 0 N–H and O–H groups in total. The van der Waals surface area contributed by atoms with Crippen LogP contribution in [0.25, 0.3) is 116 Å². The summed E-state index contributed by atoms with van der Waals surface area (Å²) in [5, 5.41) is 9.25.